The van der Waals surface area contributed by atoms with Crippen LogP contribution in [0.25, 0.3) is 0 Å². The minimum Gasteiger partial charge on any atom is -0.356 e. The summed E-state index contributed by atoms with van der Waals surface area (Å²) in [5.74, 6) is 0.558. The number of rotatable bonds is 8. The SMILES string of the molecule is CCCC(=O)Nc1cccc(CNC(=NC)NCC2(c3ccccc3F)CC2)c1.I. The van der Waals surface area contributed by atoms with E-state index in [-0.39, 0.29) is 41.1 Å². The Kier molecular flexibility index (Phi) is 9.08. The predicted molar refractivity (Wildman–Crippen MR) is 131 cm³/mol. The molecule has 0 radical (unpaired) electrons. The lowest BCUT2D eigenvalue weighted by Gasteiger charge is -2.19. The Morgan fingerprint density at radius 1 is 1.13 bits per heavy atom. The third kappa shape index (κ3) is 6.42. The third-order valence-electron chi connectivity index (χ3n) is 5.26. The van der Waals surface area contributed by atoms with Crippen LogP contribution in [0.15, 0.2) is 53.5 Å². The van der Waals surface area contributed by atoms with Gasteiger partial charge in [-0.3, -0.25) is 9.79 Å². The summed E-state index contributed by atoms with van der Waals surface area (Å²) < 4.78 is 14.2. The molecular formula is C23H30FIN4O. The summed E-state index contributed by atoms with van der Waals surface area (Å²) in [5.41, 5.74) is 2.46. The van der Waals surface area contributed by atoms with Gasteiger partial charge < -0.3 is 16.0 Å². The van der Waals surface area contributed by atoms with E-state index in [0.717, 1.165) is 36.1 Å². The highest BCUT2D eigenvalue weighted by Crippen LogP contribution is 2.48. The van der Waals surface area contributed by atoms with E-state index in [2.05, 4.69) is 20.9 Å². The maximum atomic E-state index is 14.2. The number of aliphatic imine (C=N–C) groups is 1. The summed E-state index contributed by atoms with van der Waals surface area (Å²) in [7, 11) is 1.72. The Morgan fingerprint density at radius 3 is 2.57 bits per heavy atom. The maximum Gasteiger partial charge on any atom is 0.224 e. The molecule has 1 fully saturated rings. The van der Waals surface area contributed by atoms with Gasteiger partial charge in [0.25, 0.3) is 0 Å². The number of hydrogen-bond acceptors (Lipinski definition) is 2. The van der Waals surface area contributed by atoms with Crippen LogP contribution in [-0.4, -0.2) is 25.5 Å². The molecule has 162 valence electrons. The third-order valence-corrected chi connectivity index (χ3v) is 5.26. The van der Waals surface area contributed by atoms with Crippen LogP contribution in [0, 0.1) is 5.82 Å². The van der Waals surface area contributed by atoms with E-state index < -0.39 is 0 Å². The Morgan fingerprint density at radius 2 is 1.90 bits per heavy atom. The van der Waals surface area contributed by atoms with Crippen molar-refractivity contribution in [1.29, 1.82) is 0 Å². The molecule has 0 saturated heterocycles. The van der Waals surface area contributed by atoms with Crippen molar-refractivity contribution in [3.63, 3.8) is 0 Å². The first kappa shape index (κ1) is 24.1. The Bertz CT molecular complexity index is 883. The largest absolute Gasteiger partial charge is 0.356 e. The predicted octanol–water partition coefficient (Wildman–Crippen LogP) is 4.58. The van der Waals surface area contributed by atoms with E-state index in [1.165, 1.54) is 6.07 Å². The Labute approximate surface area is 195 Å². The first-order chi connectivity index (χ1) is 14.1. The number of anilines is 1. The number of nitrogens with zero attached hydrogens (tertiary/aromatic N) is 1. The molecule has 0 heterocycles. The van der Waals surface area contributed by atoms with E-state index >= 15 is 0 Å². The standard InChI is InChI=1S/C23H29FN4O.HI/c1-3-7-21(29)28-18-9-6-8-17(14-18)15-26-22(25-2)27-16-23(12-13-23)19-10-4-5-11-20(19)24;/h4-6,8-11,14H,3,7,12-13,15-16H2,1-2H3,(H,28,29)(H2,25,26,27);1H. The topological polar surface area (TPSA) is 65.5 Å². The number of carbonyl (C=O) groups is 1. The molecule has 0 spiro atoms. The molecule has 7 heteroatoms. The monoisotopic (exact) mass is 524 g/mol. The van der Waals surface area contributed by atoms with E-state index in [9.17, 15) is 9.18 Å². The fraction of sp³-hybridized carbons (Fsp3) is 0.391. The van der Waals surface area contributed by atoms with Crippen LogP contribution in [0.1, 0.15) is 43.7 Å². The molecule has 1 aliphatic rings. The normalized spacial score (nSPS) is 14.4. The van der Waals surface area contributed by atoms with Crippen molar-refractivity contribution in [3.8, 4) is 0 Å². The van der Waals surface area contributed by atoms with Gasteiger partial charge in [0.1, 0.15) is 5.82 Å². The van der Waals surface area contributed by atoms with E-state index in [1.807, 2.05) is 43.3 Å². The highest BCUT2D eigenvalue weighted by Gasteiger charge is 2.45. The summed E-state index contributed by atoms with van der Waals surface area (Å²) >= 11 is 0. The Balaban J connectivity index is 0.00000320. The minimum absolute atomic E-state index is 0. The average molecular weight is 524 g/mol. The number of halogens is 2. The minimum atomic E-state index is -0.146. The van der Waals surface area contributed by atoms with E-state index in [0.29, 0.717) is 25.5 Å². The fourth-order valence-electron chi connectivity index (χ4n) is 3.45. The highest BCUT2D eigenvalue weighted by molar-refractivity contribution is 14.0. The molecule has 3 N–H and O–H groups in total. The van der Waals surface area contributed by atoms with Gasteiger partial charge in [-0.2, -0.15) is 0 Å². The van der Waals surface area contributed by atoms with Crippen LogP contribution in [0.2, 0.25) is 0 Å². The van der Waals surface area contributed by atoms with Crippen LogP contribution in [-0.2, 0) is 16.8 Å². The van der Waals surface area contributed by atoms with Gasteiger partial charge in [0, 0.05) is 37.7 Å². The summed E-state index contributed by atoms with van der Waals surface area (Å²) in [4.78, 5) is 16.1. The van der Waals surface area contributed by atoms with Gasteiger partial charge in [-0.25, -0.2) is 4.39 Å². The van der Waals surface area contributed by atoms with Gasteiger partial charge in [-0.05, 0) is 48.6 Å². The van der Waals surface area contributed by atoms with Crippen LogP contribution in [0.3, 0.4) is 0 Å². The van der Waals surface area contributed by atoms with E-state index in [1.54, 1.807) is 13.1 Å². The molecule has 0 unspecified atom stereocenters. The molecule has 0 aliphatic heterocycles. The van der Waals surface area contributed by atoms with Gasteiger partial charge in [-0.15, -0.1) is 24.0 Å². The number of benzene rings is 2. The Hall–Kier alpha value is -2.16. The maximum absolute atomic E-state index is 14.2. The van der Waals surface area contributed by atoms with Crippen LogP contribution >= 0.6 is 24.0 Å². The van der Waals surface area contributed by atoms with Crippen molar-refractivity contribution in [3.05, 3.63) is 65.5 Å². The smallest absolute Gasteiger partial charge is 0.224 e. The number of hydrogen-bond donors (Lipinski definition) is 3. The summed E-state index contributed by atoms with van der Waals surface area (Å²) in [6.45, 7) is 3.20. The van der Waals surface area contributed by atoms with E-state index in [4.69, 9.17) is 0 Å². The van der Waals surface area contributed by atoms with Gasteiger partial charge in [-0.1, -0.05) is 37.3 Å². The van der Waals surface area contributed by atoms with Crippen molar-refractivity contribution in [2.45, 2.75) is 44.6 Å². The van der Waals surface area contributed by atoms with Crippen molar-refractivity contribution < 1.29 is 9.18 Å². The average Bonchev–Trinajstić information content (AvgIpc) is 3.50. The van der Waals surface area contributed by atoms with Crippen LogP contribution in [0.5, 0.6) is 0 Å². The second-order valence-electron chi connectivity index (χ2n) is 7.54. The molecule has 5 nitrogen and oxygen atoms in total. The van der Waals surface area contributed by atoms with Crippen molar-refractivity contribution in [2.24, 2.45) is 4.99 Å². The zero-order chi connectivity index (χ0) is 20.7. The lowest BCUT2D eigenvalue weighted by Crippen LogP contribution is -2.41. The fourth-order valence-corrected chi connectivity index (χ4v) is 3.45. The summed E-state index contributed by atoms with van der Waals surface area (Å²) in [5, 5.41) is 9.54. The number of nitrogens with one attached hydrogen (secondary N) is 3. The van der Waals surface area contributed by atoms with Gasteiger partial charge in [0.05, 0.1) is 0 Å². The van der Waals surface area contributed by atoms with Crippen molar-refractivity contribution in [2.75, 3.05) is 18.9 Å². The van der Waals surface area contributed by atoms with Crippen molar-refractivity contribution >= 4 is 41.5 Å². The number of carbonyl (C=O) groups excluding carboxylic acids is 1. The van der Waals surface area contributed by atoms with Crippen LogP contribution in [0.4, 0.5) is 10.1 Å². The molecule has 0 bridgehead atoms. The number of guanidine groups is 1. The molecular weight excluding hydrogens is 494 g/mol. The zero-order valence-electron chi connectivity index (χ0n) is 17.5. The molecule has 0 aromatic heterocycles. The molecule has 3 rings (SSSR count). The molecule has 30 heavy (non-hydrogen) atoms. The van der Waals surface area contributed by atoms with Gasteiger partial charge in [0.15, 0.2) is 5.96 Å². The quantitative estimate of drug-likeness (QED) is 0.269. The lowest BCUT2D eigenvalue weighted by molar-refractivity contribution is -0.116. The van der Waals surface area contributed by atoms with Gasteiger partial charge in [0.2, 0.25) is 5.91 Å². The lowest BCUT2D eigenvalue weighted by atomic mass is 9.95. The van der Waals surface area contributed by atoms with Gasteiger partial charge >= 0.3 is 0 Å². The highest BCUT2D eigenvalue weighted by atomic mass is 127. The number of amides is 1. The molecule has 1 saturated carbocycles. The molecule has 2 aromatic rings. The first-order valence-electron chi connectivity index (χ1n) is 10.1. The molecule has 1 amide bonds. The zero-order valence-corrected chi connectivity index (χ0v) is 19.8. The second-order valence-corrected chi connectivity index (χ2v) is 7.54. The van der Waals surface area contributed by atoms with Crippen LogP contribution < -0.4 is 16.0 Å². The summed E-state index contributed by atoms with van der Waals surface area (Å²) in [6, 6.07) is 14.8. The first-order valence-corrected chi connectivity index (χ1v) is 10.1. The second kappa shape index (κ2) is 11.3. The van der Waals surface area contributed by atoms with Crippen molar-refractivity contribution in [1.82, 2.24) is 10.6 Å². The molecule has 1 aliphatic carbocycles. The summed E-state index contributed by atoms with van der Waals surface area (Å²) in [6.07, 6.45) is 3.28. The molecule has 2 aromatic carbocycles. The molecule has 0 atom stereocenters.